The largest absolute Gasteiger partial charge is 0.497 e. The van der Waals surface area contributed by atoms with Crippen LogP contribution >= 0.6 is 0 Å². The number of Topliss-reactive ketones (excluding diaryl/α,β-unsaturated/α-hetero) is 1. The van der Waals surface area contributed by atoms with E-state index in [0.717, 1.165) is 5.76 Å². The molecule has 0 unspecified atom stereocenters. The van der Waals surface area contributed by atoms with Crippen LogP contribution in [0.15, 0.2) is 46.9 Å². The predicted octanol–water partition coefficient (Wildman–Crippen LogP) is 3.04. The molecule has 1 heterocycles. The Bertz CT molecular complexity index is 679. The van der Waals surface area contributed by atoms with Crippen LogP contribution in [-0.4, -0.2) is 25.5 Å². The van der Waals surface area contributed by atoms with Gasteiger partial charge < -0.3 is 13.9 Å². The summed E-state index contributed by atoms with van der Waals surface area (Å²) in [6.45, 7) is 1.50. The van der Waals surface area contributed by atoms with E-state index in [0.29, 0.717) is 17.1 Å². The first-order chi connectivity index (χ1) is 10.6. The number of hydrogen-bond donors (Lipinski definition) is 0. The normalized spacial score (nSPS) is 10.6. The van der Waals surface area contributed by atoms with Gasteiger partial charge in [-0.3, -0.25) is 4.79 Å². The fourth-order valence-corrected chi connectivity index (χ4v) is 1.74. The first-order valence-electron chi connectivity index (χ1n) is 6.67. The molecule has 1 aromatic carbocycles. The van der Waals surface area contributed by atoms with Gasteiger partial charge in [0.25, 0.3) is 0 Å². The van der Waals surface area contributed by atoms with E-state index >= 15 is 0 Å². The Balaban J connectivity index is 1.84. The Morgan fingerprint density at radius 1 is 1.14 bits per heavy atom. The van der Waals surface area contributed by atoms with Crippen LogP contribution in [0.5, 0.6) is 5.75 Å². The van der Waals surface area contributed by atoms with Gasteiger partial charge in [0.15, 0.2) is 12.4 Å². The molecule has 22 heavy (non-hydrogen) atoms. The van der Waals surface area contributed by atoms with Crippen LogP contribution in [0, 0.1) is 6.92 Å². The molecule has 0 aliphatic carbocycles. The van der Waals surface area contributed by atoms with Gasteiger partial charge in [0.1, 0.15) is 17.3 Å². The van der Waals surface area contributed by atoms with E-state index < -0.39 is 5.97 Å². The quantitative estimate of drug-likeness (QED) is 0.466. The van der Waals surface area contributed by atoms with Crippen LogP contribution in [0.1, 0.15) is 21.9 Å². The number of ketones is 1. The maximum Gasteiger partial charge on any atom is 0.331 e. The molecule has 0 bridgehead atoms. The van der Waals surface area contributed by atoms with Crippen molar-refractivity contribution in [3.8, 4) is 5.75 Å². The molecule has 0 saturated carbocycles. The topological polar surface area (TPSA) is 65.7 Å². The molecule has 0 fully saturated rings. The van der Waals surface area contributed by atoms with Crippen molar-refractivity contribution in [3.63, 3.8) is 0 Å². The van der Waals surface area contributed by atoms with Crippen molar-refractivity contribution in [2.75, 3.05) is 13.7 Å². The molecule has 5 nitrogen and oxygen atoms in total. The van der Waals surface area contributed by atoms with Crippen LogP contribution in [0.3, 0.4) is 0 Å². The monoisotopic (exact) mass is 300 g/mol. The number of carbonyl (C=O) groups excluding carboxylic acids is 2. The van der Waals surface area contributed by atoms with E-state index in [9.17, 15) is 9.59 Å². The Morgan fingerprint density at radius 2 is 1.86 bits per heavy atom. The summed E-state index contributed by atoms with van der Waals surface area (Å²) in [5.74, 6) is 1.08. The number of rotatable bonds is 6. The van der Waals surface area contributed by atoms with Crippen LogP contribution < -0.4 is 4.74 Å². The number of carbonyl (C=O) groups is 2. The number of benzene rings is 1. The van der Waals surface area contributed by atoms with Gasteiger partial charge in [0, 0.05) is 11.6 Å². The highest BCUT2D eigenvalue weighted by Crippen LogP contribution is 2.12. The smallest absolute Gasteiger partial charge is 0.331 e. The molecular formula is C17H16O5. The van der Waals surface area contributed by atoms with Gasteiger partial charge in [-0.25, -0.2) is 4.79 Å². The van der Waals surface area contributed by atoms with Gasteiger partial charge in [-0.1, -0.05) is 0 Å². The van der Waals surface area contributed by atoms with Gasteiger partial charge in [-0.2, -0.15) is 0 Å². The average molecular weight is 300 g/mol. The molecular weight excluding hydrogens is 284 g/mol. The van der Waals surface area contributed by atoms with E-state index in [4.69, 9.17) is 13.9 Å². The summed E-state index contributed by atoms with van der Waals surface area (Å²) >= 11 is 0. The highest BCUT2D eigenvalue weighted by Gasteiger charge is 2.08. The number of esters is 1. The van der Waals surface area contributed by atoms with Gasteiger partial charge in [-0.05, 0) is 49.4 Å². The summed E-state index contributed by atoms with van der Waals surface area (Å²) in [6, 6.07) is 10.1. The lowest BCUT2D eigenvalue weighted by atomic mass is 10.1. The molecule has 1 aromatic heterocycles. The van der Waals surface area contributed by atoms with Crippen molar-refractivity contribution in [2.45, 2.75) is 6.92 Å². The van der Waals surface area contributed by atoms with Crippen molar-refractivity contribution < 1.29 is 23.5 Å². The van der Waals surface area contributed by atoms with Crippen molar-refractivity contribution in [2.24, 2.45) is 0 Å². The minimum atomic E-state index is -0.601. The molecule has 0 spiro atoms. The summed E-state index contributed by atoms with van der Waals surface area (Å²) in [5.41, 5.74) is 0.458. The van der Waals surface area contributed by atoms with Crippen LogP contribution in [-0.2, 0) is 9.53 Å². The highest BCUT2D eigenvalue weighted by atomic mass is 16.5. The van der Waals surface area contributed by atoms with Crippen LogP contribution in [0.4, 0.5) is 0 Å². The molecule has 5 heteroatoms. The Labute approximate surface area is 128 Å². The van der Waals surface area contributed by atoms with Crippen molar-refractivity contribution >= 4 is 17.8 Å². The first-order valence-corrected chi connectivity index (χ1v) is 6.67. The maximum atomic E-state index is 11.9. The molecule has 0 radical (unpaired) electrons. The number of furan rings is 1. The van der Waals surface area contributed by atoms with E-state index in [1.165, 1.54) is 12.2 Å². The lowest BCUT2D eigenvalue weighted by molar-refractivity contribution is -0.136. The predicted molar refractivity (Wildman–Crippen MR) is 80.8 cm³/mol. The fraction of sp³-hybridized carbons (Fsp3) is 0.176. The van der Waals surface area contributed by atoms with E-state index in [-0.39, 0.29) is 12.4 Å². The third-order valence-corrected chi connectivity index (χ3v) is 2.90. The Kier molecular flexibility index (Phi) is 5.14. The second-order valence-electron chi connectivity index (χ2n) is 4.54. The van der Waals surface area contributed by atoms with Gasteiger partial charge in [0.05, 0.1) is 7.11 Å². The zero-order chi connectivity index (χ0) is 15.9. The molecule has 0 aliphatic rings. The number of methoxy groups -OCH3 is 1. The lowest BCUT2D eigenvalue weighted by Gasteiger charge is -2.03. The van der Waals surface area contributed by atoms with Crippen molar-refractivity contribution in [3.05, 3.63) is 59.6 Å². The van der Waals surface area contributed by atoms with Gasteiger partial charge in [-0.15, -0.1) is 0 Å². The lowest BCUT2D eigenvalue weighted by Crippen LogP contribution is -2.12. The van der Waals surface area contributed by atoms with E-state index in [1.807, 2.05) is 6.92 Å². The zero-order valence-corrected chi connectivity index (χ0v) is 12.4. The molecule has 2 aromatic rings. The Hall–Kier alpha value is -2.82. The third kappa shape index (κ3) is 4.34. The minimum absolute atomic E-state index is 0.279. The van der Waals surface area contributed by atoms with Crippen molar-refractivity contribution in [1.82, 2.24) is 0 Å². The second kappa shape index (κ2) is 7.26. The summed E-state index contributed by atoms with van der Waals surface area (Å²) in [5, 5.41) is 0. The first kappa shape index (κ1) is 15.6. The average Bonchev–Trinajstić information content (AvgIpc) is 2.96. The standard InChI is InChI=1S/C17H16O5/c1-12-3-6-15(22-12)9-10-17(19)21-11-16(18)13-4-7-14(20-2)8-5-13/h3-10H,11H2,1-2H3/b10-9+. The molecule has 0 N–H and O–H groups in total. The molecule has 0 amide bonds. The minimum Gasteiger partial charge on any atom is -0.497 e. The molecule has 0 atom stereocenters. The molecule has 2 rings (SSSR count). The summed E-state index contributed by atoms with van der Waals surface area (Å²) < 4.78 is 15.2. The Morgan fingerprint density at radius 3 is 2.45 bits per heavy atom. The maximum absolute atomic E-state index is 11.9. The zero-order valence-electron chi connectivity index (χ0n) is 12.4. The highest BCUT2D eigenvalue weighted by molar-refractivity contribution is 5.98. The summed E-state index contributed by atoms with van der Waals surface area (Å²) in [7, 11) is 1.55. The second-order valence-corrected chi connectivity index (χ2v) is 4.54. The summed E-state index contributed by atoms with van der Waals surface area (Å²) in [6.07, 6.45) is 2.72. The van der Waals surface area contributed by atoms with Gasteiger partial charge in [0.2, 0.25) is 0 Å². The molecule has 0 saturated heterocycles. The number of aryl methyl sites for hydroxylation is 1. The van der Waals surface area contributed by atoms with E-state index in [1.54, 1.807) is 43.5 Å². The van der Waals surface area contributed by atoms with E-state index in [2.05, 4.69) is 0 Å². The summed E-state index contributed by atoms with van der Waals surface area (Å²) in [4.78, 5) is 23.4. The van der Waals surface area contributed by atoms with Crippen LogP contribution in [0.2, 0.25) is 0 Å². The van der Waals surface area contributed by atoms with Crippen LogP contribution in [0.25, 0.3) is 6.08 Å². The third-order valence-electron chi connectivity index (χ3n) is 2.90. The van der Waals surface area contributed by atoms with Crippen molar-refractivity contribution in [1.29, 1.82) is 0 Å². The SMILES string of the molecule is COc1ccc(C(=O)COC(=O)/C=C/c2ccc(C)o2)cc1. The van der Waals surface area contributed by atoms with Gasteiger partial charge >= 0.3 is 5.97 Å². The fourth-order valence-electron chi connectivity index (χ4n) is 1.74. The number of ether oxygens (including phenoxy) is 2. The molecule has 114 valence electrons. The number of hydrogen-bond acceptors (Lipinski definition) is 5. The molecule has 0 aliphatic heterocycles.